The first kappa shape index (κ1) is 15.5. The molecule has 4 heteroatoms. The number of carbonyl (C=O) groups excluding carboxylic acids is 1. The first-order valence-corrected chi connectivity index (χ1v) is 8.80. The van der Waals surface area contributed by atoms with Crippen molar-refractivity contribution in [1.29, 1.82) is 0 Å². The van der Waals surface area contributed by atoms with Crippen LogP contribution < -0.4 is 5.32 Å². The Morgan fingerprint density at radius 2 is 1.84 bits per heavy atom. The molecule has 0 atom stereocenters. The summed E-state index contributed by atoms with van der Waals surface area (Å²) in [7, 11) is 0. The lowest BCUT2D eigenvalue weighted by Crippen LogP contribution is -1.93. The van der Waals surface area contributed by atoms with Crippen LogP contribution in [0.4, 0.5) is 11.5 Å². The van der Waals surface area contributed by atoms with E-state index in [0.717, 1.165) is 33.4 Å². The quantitative estimate of drug-likeness (QED) is 0.474. The minimum absolute atomic E-state index is 0.708. The smallest absolute Gasteiger partial charge is 0.151 e. The Kier molecular flexibility index (Phi) is 4.04. The van der Waals surface area contributed by atoms with Gasteiger partial charge < -0.3 is 5.32 Å². The maximum absolute atomic E-state index is 11.0. The van der Waals surface area contributed by atoms with E-state index in [1.807, 2.05) is 43.3 Å². The number of carbonyl (C=O) groups is 1. The predicted octanol–water partition coefficient (Wildman–Crippen LogP) is 5.83. The van der Waals surface area contributed by atoms with Crippen LogP contribution in [0.15, 0.2) is 66.7 Å². The second-order valence-electron chi connectivity index (χ2n) is 5.89. The molecular weight excluding hydrogens is 328 g/mol. The molecule has 0 saturated carbocycles. The van der Waals surface area contributed by atoms with Gasteiger partial charge in [-0.1, -0.05) is 42.5 Å². The summed E-state index contributed by atoms with van der Waals surface area (Å²) in [6.07, 6.45) is 0.878. The van der Waals surface area contributed by atoms with Crippen molar-refractivity contribution >= 4 is 39.4 Å². The largest absolute Gasteiger partial charge is 0.339 e. The number of rotatable bonds is 4. The van der Waals surface area contributed by atoms with Crippen molar-refractivity contribution in [2.24, 2.45) is 0 Å². The van der Waals surface area contributed by atoms with Gasteiger partial charge in [0.05, 0.1) is 4.70 Å². The monoisotopic (exact) mass is 344 g/mol. The van der Waals surface area contributed by atoms with Crippen molar-refractivity contribution in [3.8, 4) is 11.1 Å². The SMILES string of the molecule is Cc1cc(Nc2nsc3c(-c4ccccc4)cccc23)ccc1C=O. The zero-order valence-electron chi connectivity index (χ0n) is 13.7. The van der Waals surface area contributed by atoms with E-state index in [-0.39, 0.29) is 0 Å². The van der Waals surface area contributed by atoms with Gasteiger partial charge in [-0.3, -0.25) is 4.79 Å². The highest BCUT2D eigenvalue weighted by atomic mass is 32.1. The summed E-state index contributed by atoms with van der Waals surface area (Å²) in [5.41, 5.74) is 4.97. The maximum Gasteiger partial charge on any atom is 0.151 e. The Morgan fingerprint density at radius 1 is 1.00 bits per heavy atom. The molecule has 0 saturated heterocycles. The average Bonchev–Trinajstić information content (AvgIpc) is 3.06. The molecule has 25 heavy (non-hydrogen) atoms. The lowest BCUT2D eigenvalue weighted by atomic mass is 10.0. The van der Waals surface area contributed by atoms with E-state index in [2.05, 4.69) is 40.0 Å². The highest BCUT2D eigenvalue weighted by Gasteiger charge is 2.11. The van der Waals surface area contributed by atoms with Gasteiger partial charge in [-0.15, -0.1) is 0 Å². The van der Waals surface area contributed by atoms with Gasteiger partial charge in [0.25, 0.3) is 0 Å². The molecule has 1 aromatic heterocycles. The third kappa shape index (κ3) is 2.92. The van der Waals surface area contributed by atoms with Crippen LogP contribution in [0.2, 0.25) is 0 Å². The fourth-order valence-corrected chi connectivity index (χ4v) is 3.79. The molecule has 4 aromatic rings. The van der Waals surface area contributed by atoms with Crippen molar-refractivity contribution in [3.05, 3.63) is 77.9 Å². The highest BCUT2D eigenvalue weighted by molar-refractivity contribution is 7.14. The number of hydrogen-bond acceptors (Lipinski definition) is 4. The Labute approximate surface area is 150 Å². The summed E-state index contributed by atoms with van der Waals surface area (Å²) in [5.74, 6) is 0.844. The Balaban J connectivity index is 1.75. The zero-order chi connectivity index (χ0) is 17.2. The molecular formula is C21H16N2OS. The van der Waals surface area contributed by atoms with Crippen LogP contribution in [0.1, 0.15) is 15.9 Å². The van der Waals surface area contributed by atoms with Crippen molar-refractivity contribution in [2.45, 2.75) is 6.92 Å². The summed E-state index contributed by atoms with van der Waals surface area (Å²) in [4.78, 5) is 11.0. The van der Waals surface area contributed by atoms with Crippen LogP contribution in [0.25, 0.3) is 21.2 Å². The molecule has 3 nitrogen and oxygen atoms in total. The van der Waals surface area contributed by atoms with Crippen molar-refractivity contribution in [1.82, 2.24) is 4.37 Å². The number of nitrogens with one attached hydrogen (secondary N) is 1. The molecule has 0 aliphatic rings. The van der Waals surface area contributed by atoms with Crippen LogP contribution in [0.3, 0.4) is 0 Å². The summed E-state index contributed by atoms with van der Waals surface area (Å²) in [5, 5.41) is 4.48. The molecule has 1 heterocycles. The number of aldehydes is 1. The van der Waals surface area contributed by atoms with Crippen LogP contribution in [0, 0.1) is 6.92 Å². The van der Waals surface area contributed by atoms with Crippen LogP contribution in [0.5, 0.6) is 0 Å². The number of aryl methyl sites for hydroxylation is 1. The second-order valence-corrected chi connectivity index (χ2v) is 6.67. The van der Waals surface area contributed by atoms with Gasteiger partial charge in [0.1, 0.15) is 6.29 Å². The molecule has 0 fully saturated rings. The Hall–Kier alpha value is -2.98. The van der Waals surface area contributed by atoms with Gasteiger partial charge >= 0.3 is 0 Å². The second kappa shape index (κ2) is 6.49. The molecule has 0 unspecified atom stereocenters. The molecule has 0 aliphatic carbocycles. The number of nitrogens with zero attached hydrogens (tertiary/aromatic N) is 1. The standard InChI is InChI=1S/C21H16N2OS/c1-14-12-17(11-10-16(14)13-24)22-21-19-9-5-8-18(20(19)25-23-21)15-6-3-2-4-7-15/h2-13H,1H3,(H,22,23). The maximum atomic E-state index is 11.0. The van der Waals surface area contributed by atoms with E-state index in [1.165, 1.54) is 22.7 Å². The number of fused-ring (bicyclic) bond motifs is 1. The minimum atomic E-state index is 0.708. The average molecular weight is 344 g/mol. The normalized spacial score (nSPS) is 10.8. The van der Waals surface area contributed by atoms with Crippen LogP contribution in [-0.2, 0) is 0 Å². The van der Waals surface area contributed by atoms with Crippen LogP contribution in [-0.4, -0.2) is 10.7 Å². The van der Waals surface area contributed by atoms with Gasteiger partial charge in [0, 0.05) is 22.2 Å². The van der Waals surface area contributed by atoms with E-state index < -0.39 is 0 Å². The van der Waals surface area contributed by atoms with Gasteiger partial charge in [-0.2, -0.15) is 4.37 Å². The van der Waals surface area contributed by atoms with Crippen molar-refractivity contribution in [2.75, 3.05) is 5.32 Å². The van der Waals surface area contributed by atoms with E-state index in [1.54, 1.807) is 0 Å². The van der Waals surface area contributed by atoms with Gasteiger partial charge in [0.2, 0.25) is 0 Å². The number of hydrogen-bond donors (Lipinski definition) is 1. The summed E-state index contributed by atoms with van der Waals surface area (Å²) >= 11 is 1.50. The fourth-order valence-electron chi connectivity index (χ4n) is 2.92. The number of aromatic nitrogens is 1. The Bertz CT molecular complexity index is 1050. The van der Waals surface area contributed by atoms with Gasteiger partial charge in [0.15, 0.2) is 5.82 Å². The first-order valence-electron chi connectivity index (χ1n) is 8.03. The molecule has 3 aromatic carbocycles. The topological polar surface area (TPSA) is 42.0 Å². The van der Waals surface area contributed by atoms with E-state index in [4.69, 9.17) is 0 Å². The molecule has 1 N–H and O–H groups in total. The molecule has 4 rings (SSSR count). The molecule has 0 bridgehead atoms. The Morgan fingerprint density at radius 3 is 2.60 bits per heavy atom. The number of anilines is 2. The third-order valence-electron chi connectivity index (χ3n) is 4.24. The summed E-state index contributed by atoms with van der Waals surface area (Å²) in [6, 6.07) is 22.3. The lowest BCUT2D eigenvalue weighted by Gasteiger charge is -2.07. The molecule has 0 radical (unpaired) electrons. The fraction of sp³-hybridized carbons (Fsp3) is 0.0476. The van der Waals surface area contributed by atoms with Crippen molar-refractivity contribution < 1.29 is 4.79 Å². The predicted molar refractivity (Wildman–Crippen MR) is 105 cm³/mol. The lowest BCUT2D eigenvalue weighted by molar-refractivity contribution is 0.112. The molecule has 0 amide bonds. The van der Waals surface area contributed by atoms with Gasteiger partial charge in [-0.25, -0.2) is 0 Å². The first-order chi connectivity index (χ1) is 12.3. The third-order valence-corrected chi connectivity index (χ3v) is 5.14. The highest BCUT2D eigenvalue weighted by Crippen LogP contribution is 2.36. The number of benzene rings is 3. The summed E-state index contributed by atoms with van der Waals surface area (Å²) < 4.78 is 5.77. The molecule has 0 spiro atoms. The minimum Gasteiger partial charge on any atom is -0.339 e. The van der Waals surface area contributed by atoms with E-state index in [9.17, 15) is 4.79 Å². The van der Waals surface area contributed by atoms with E-state index >= 15 is 0 Å². The van der Waals surface area contributed by atoms with Crippen LogP contribution >= 0.6 is 11.5 Å². The molecule has 122 valence electrons. The zero-order valence-corrected chi connectivity index (χ0v) is 14.5. The summed E-state index contributed by atoms with van der Waals surface area (Å²) in [6.45, 7) is 1.93. The molecule has 0 aliphatic heterocycles. The van der Waals surface area contributed by atoms with Crippen molar-refractivity contribution in [3.63, 3.8) is 0 Å². The van der Waals surface area contributed by atoms with E-state index in [0.29, 0.717) is 5.56 Å². The van der Waals surface area contributed by atoms with Gasteiger partial charge in [-0.05, 0) is 53.8 Å².